The van der Waals surface area contributed by atoms with Crippen LogP contribution in [0.15, 0.2) is 34.7 Å². The van der Waals surface area contributed by atoms with Gasteiger partial charge in [-0.05, 0) is 42.8 Å². The minimum Gasteiger partial charge on any atom is -0.436 e. The molecule has 0 spiro atoms. The lowest BCUT2D eigenvalue weighted by Gasteiger charge is -1.98. The molecule has 0 radical (unpaired) electrons. The smallest absolute Gasteiger partial charge is 0.227 e. The Labute approximate surface area is 119 Å². The lowest BCUT2D eigenvalue weighted by atomic mass is 10.2. The fraction of sp³-hybridized carbons (Fsp3) is 0.0714. The molecule has 0 saturated carbocycles. The van der Waals surface area contributed by atoms with Gasteiger partial charge < -0.3 is 10.2 Å². The molecule has 0 bridgehead atoms. The van der Waals surface area contributed by atoms with Crippen molar-refractivity contribution in [2.45, 2.75) is 6.92 Å². The monoisotopic (exact) mass is 292 g/mol. The summed E-state index contributed by atoms with van der Waals surface area (Å²) in [5, 5.41) is 0.972. The molecule has 5 heteroatoms. The van der Waals surface area contributed by atoms with E-state index >= 15 is 0 Å². The van der Waals surface area contributed by atoms with Crippen molar-refractivity contribution >= 4 is 40.0 Å². The van der Waals surface area contributed by atoms with E-state index in [1.807, 2.05) is 19.1 Å². The van der Waals surface area contributed by atoms with E-state index in [1.165, 1.54) is 0 Å². The van der Waals surface area contributed by atoms with Gasteiger partial charge in [-0.1, -0.05) is 23.2 Å². The van der Waals surface area contributed by atoms with Crippen LogP contribution in [-0.4, -0.2) is 4.98 Å². The second-order valence-electron chi connectivity index (χ2n) is 4.33. The van der Waals surface area contributed by atoms with Crippen LogP contribution in [0.1, 0.15) is 5.56 Å². The maximum Gasteiger partial charge on any atom is 0.227 e. The van der Waals surface area contributed by atoms with Crippen molar-refractivity contribution in [3.63, 3.8) is 0 Å². The quantitative estimate of drug-likeness (QED) is 0.662. The lowest BCUT2D eigenvalue weighted by molar-refractivity contribution is 0.617. The van der Waals surface area contributed by atoms with Crippen molar-refractivity contribution in [2.75, 3.05) is 5.73 Å². The summed E-state index contributed by atoms with van der Waals surface area (Å²) in [4.78, 5) is 4.43. The first-order valence-corrected chi connectivity index (χ1v) is 6.42. The molecule has 1 heterocycles. The summed E-state index contributed by atoms with van der Waals surface area (Å²) in [6, 6.07) is 8.90. The van der Waals surface area contributed by atoms with E-state index in [0.717, 1.165) is 22.2 Å². The normalized spacial score (nSPS) is 11.1. The Morgan fingerprint density at radius 3 is 2.63 bits per heavy atom. The Morgan fingerprint density at radius 1 is 1.11 bits per heavy atom. The minimum atomic E-state index is 0.470. The van der Waals surface area contributed by atoms with Crippen molar-refractivity contribution in [1.29, 1.82) is 0 Å². The minimum absolute atomic E-state index is 0.470. The van der Waals surface area contributed by atoms with Gasteiger partial charge in [-0.2, -0.15) is 0 Å². The summed E-state index contributed by atoms with van der Waals surface area (Å²) in [5.41, 5.74) is 9.66. The van der Waals surface area contributed by atoms with Gasteiger partial charge in [0.05, 0.1) is 10.0 Å². The predicted molar refractivity (Wildman–Crippen MR) is 78.6 cm³/mol. The number of aryl methyl sites for hydroxylation is 1. The number of oxazole rings is 1. The van der Waals surface area contributed by atoms with E-state index in [-0.39, 0.29) is 0 Å². The summed E-state index contributed by atoms with van der Waals surface area (Å²) in [5.74, 6) is 0.502. The van der Waals surface area contributed by atoms with Crippen molar-refractivity contribution in [2.24, 2.45) is 0 Å². The molecule has 3 rings (SSSR count). The number of nitrogens with two attached hydrogens (primary N) is 1. The third-order valence-electron chi connectivity index (χ3n) is 2.86. The van der Waals surface area contributed by atoms with Gasteiger partial charge in [-0.15, -0.1) is 0 Å². The second-order valence-corrected chi connectivity index (χ2v) is 5.15. The first kappa shape index (κ1) is 12.3. The standard InChI is InChI=1S/C14H10Cl2N2O/c1-7-4-9(17)6-12-13(7)19-14(18-12)8-2-3-10(15)11(16)5-8/h2-6H,17H2,1H3. The average Bonchev–Trinajstić information content (AvgIpc) is 2.76. The molecule has 2 N–H and O–H groups in total. The van der Waals surface area contributed by atoms with Crippen LogP contribution >= 0.6 is 23.2 Å². The SMILES string of the molecule is Cc1cc(N)cc2nc(-c3ccc(Cl)c(Cl)c3)oc12. The number of aromatic nitrogens is 1. The van der Waals surface area contributed by atoms with Crippen molar-refractivity contribution in [3.8, 4) is 11.5 Å². The number of nitrogen functional groups attached to an aromatic ring is 1. The molecule has 0 atom stereocenters. The molecule has 0 saturated heterocycles. The Kier molecular flexibility index (Phi) is 2.88. The van der Waals surface area contributed by atoms with Gasteiger partial charge in [-0.3, -0.25) is 0 Å². The molecule has 96 valence electrons. The van der Waals surface area contributed by atoms with Crippen LogP contribution in [-0.2, 0) is 0 Å². The molecule has 0 aliphatic carbocycles. The van der Waals surface area contributed by atoms with Gasteiger partial charge in [0.1, 0.15) is 5.52 Å². The number of hydrogen-bond donors (Lipinski definition) is 1. The summed E-state index contributed by atoms with van der Waals surface area (Å²) in [7, 11) is 0. The molecular weight excluding hydrogens is 283 g/mol. The third kappa shape index (κ3) is 2.15. The number of fused-ring (bicyclic) bond motifs is 1. The highest BCUT2D eigenvalue weighted by Crippen LogP contribution is 2.31. The molecule has 0 aliphatic rings. The van der Waals surface area contributed by atoms with Crippen molar-refractivity contribution < 1.29 is 4.42 Å². The molecule has 2 aromatic carbocycles. The lowest BCUT2D eigenvalue weighted by Crippen LogP contribution is -1.85. The number of hydrogen-bond acceptors (Lipinski definition) is 3. The molecule has 0 aliphatic heterocycles. The van der Waals surface area contributed by atoms with Crippen LogP contribution < -0.4 is 5.73 Å². The molecule has 0 fully saturated rings. The number of rotatable bonds is 1. The topological polar surface area (TPSA) is 52.0 Å². The number of anilines is 1. The van der Waals surface area contributed by atoms with Crippen LogP contribution in [0.5, 0.6) is 0 Å². The van der Waals surface area contributed by atoms with Crippen molar-refractivity contribution in [1.82, 2.24) is 4.98 Å². The molecule has 3 nitrogen and oxygen atoms in total. The maximum atomic E-state index is 6.00. The van der Waals surface area contributed by atoms with E-state index in [4.69, 9.17) is 33.4 Å². The fourth-order valence-corrected chi connectivity index (χ4v) is 2.28. The van der Waals surface area contributed by atoms with Crippen LogP contribution in [0, 0.1) is 6.92 Å². The summed E-state index contributed by atoms with van der Waals surface area (Å²) in [6.45, 7) is 1.93. The average molecular weight is 293 g/mol. The van der Waals surface area contributed by atoms with Gasteiger partial charge >= 0.3 is 0 Å². The molecular formula is C14H10Cl2N2O. The van der Waals surface area contributed by atoms with Gasteiger partial charge in [0.15, 0.2) is 5.58 Å². The van der Waals surface area contributed by atoms with Gasteiger partial charge in [0.25, 0.3) is 0 Å². The second kappa shape index (κ2) is 4.44. The first-order valence-electron chi connectivity index (χ1n) is 5.66. The van der Waals surface area contributed by atoms with E-state index in [1.54, 1.807) is 18.2 Å². The van der Waals surface area contributed by atoms with E-state index in [9.17, 15) is 0 Å². The van der Waals surface area contributed by atoms with Crippen LogP contribution in [0.3, 0.4) is 0 Å². The Hall–Kier alpha value is -1.71. The van der Waals surface area contributed by atoms with Crippen molar-refractivity contribution in [3.05, 3.63) is 45.9 Å². The predicted octanol–water partition coefficient (Wildman–Crippen LogP) is 4.69. The molecule has 19 heavy (non-hydrogen) atoms. The van der Waals surface area contributed by atoms with E-state index < -0.39 is 0 Å². The van der Waals surface area contributed by atoms with Crippen LogP contribution in [0.25, 0.3) is 22.6 Å². The zero-order chi connectivity index (χ0) is 13.6. The fourth-order valence-electron chi connectivity index (χ4n) is 1.98. The van der Waals surface area contributed by atoms with Gasteiger partial charge in [0.2, 0.25) is 5.89 Å². The molecule has 1 aromatic heterocycles. The molecule has 3 aromatic rings. The summed E-state index contributed by atoms with van der Waals surface area (Å²) >= 11 is 11.9. The van der Waals surface area contributed by atoms with E-state index in [0.29, 0.717) is 21.6 Å². The highest BCUT2D eigenvalue weighted by atomic mass is 35.5. The zero-order valence-corrected chi connectivity index (χ0v) is 11.6. The highest BCUT2D eigenvalue weighted by molar-refractivity contribution is 6.42. The number of halogens is 2. The largest absolute Gasteiger partial charge is 0.436 e. The Morgan fingerprint density at radius 2 is 1.89 bits per heavy atom. The Balaban J connectivity index is 2.20. The van der Waals surface area contributed by atoms with Crippen LogP contribution in [0.4, 0.5) is 5.69 Å². The number of benzene rings is 2. The first-order chi connectivity index (χ1) is 9.04. The van der Waals surface area contributed by atoms with Gasteiger partial charge in [0, 0.05) is 11.3 Å². The van der Waals surface area contributed by atoms with E-state index in [2.05, 4.69) is 4.98 Å². The summed E-state index contributed by atoms with van der Waals surface area (Å²) < 4.78 is 5.77. The third-order valence-corrected chi connectivity index (χ3v) is 3.60. The Bertz CT molecular complexity index is 780. The molecule has 0 amide bonds. The summed E-state index contributed by atoms with van der Waals surface area (Å²) in [6.07, 6.45) is 0. The van der Waals surface area contributed by atoms with Gasteiger partial charge in [-0.25, -0.2) is 4.98 Å². The zero-order valence-electron chi connectivity index (χ0n) is 10.1. The highest BCUT2D eigenvalue weighted by Gasteiger charge is 2.12. The van der Waals surface area contributed by atoms with Crippen LogP contribution in [0.2, 0.25) is 10.0 Å². The maximum absolute atomic E-state index is 6.00. The number of nitrogens with zero attached hydrogens (tertiary/aromatic N) is 1. The molecule has 0 unspecified atom stereocenters.